The summed E-state index contributed by atoms with van der Waals surface area (Å²) in [6.07, 6.45) is 3.48. The van der Waals surface area contributed by atoms with Crippen molar-refractivity contribution >= 4 is 45.6 Å². The number of anilines is 1. The van der Waals surface area contributed by atoms with Gasteiger partial charge in [-0.15, -0.1) is 0 Å². The van der Waals surface area contributed by atoms with E-state index in [1.807, 2.05) is 24.3 Å². The number of benzene rings is 3. The first-order valence-electron chi connectivity index (χ1n) is 11.1. The Hall–Kier alpha value is -4.17. The molecule has 5 rings (SSSR count). The van der Waals surface area contributed by atoms with Gasteiger partial charge in [0.1, 0.15) is 5.03 Å². The molecule has 0 fully saturated rings. The number of hydrogen-bond donors (Lipinski definition) is 1. The van der Waals surface area contributed by atoms with Gasteiger partial charge in [-0.2, -0.15) is 5.10 Å². The molecular formula is C27H22N4O3S. The Bertz CT molecular complexity index is 1540. The molecule has 0 unspecified atom stereocenters. The SMILES string of the molecule is CCOC(=O)c1cccc(NC(=O)CSc2nccn3nc(-c4cccc5ccccc45)cc23)c1. The van der Waals surface area contributed by atoms with Gasteiger partial charge >= 0.3 is 5.97 Å². The molecule has 0 radical (unpaired) electrons. The molecule has 1 amide bonds. The van der Waals surface area contributed by atoms with Crippen molar-refractivity contribution in [3.05, 3.63) is 90.8 Å². The van der Waals surface area contributed by atoms with Gasteiger partial charge in [0.05, 0.1) is 29.1 Å². The molecule has 35 heavy (non-hydrogen) atoms. The molecule has 174 valence electrons. The fourth-order valence-electron chi connectivity index (χ4n) is 3.86. The average Bonchev–Trinajstić information content (AvgIpc) is 3.32. The second-order valence-corrected chi connectivity index (χ2v) is 8.72. The molecule has 2 heterocycles. The summed E-state index contributed by atoms with van der Waals surface area (Å²) in [5, 5.41) is 10.6. The van der Waals surface area contributed by atoms with Crippen LogP contribution in [0.25, 0.3) is 27.5 Å². The fourth-order valence-corrected chi connectivity index (χ4v) is 4.63. The van der Waals surface area contributed by atoms with Gasteiger partial charge in [0.2, 0.25) is 5.91 Å². The second-order valence-electron chi connectivity index (χ2n) is 7.76. The number of hydrogen-bond acceptors (Lipinski definition) is 6. The normalized spacial score (nSPS) is 11.0. The zero-order valence-corrected chi connectivity index (χ0v) is 19.8. The smallest absolute Gasteiger partial charge is 0.338 e. The molecule has 0 atom stereocenters. The van der Waals surface area contributed by atoms with Crippen molar-refractivity contribution in [2.75, 3.05) is 17.7 Å². The van der Waals surface area contributed by atoms with Crippen LogP contribution in [0.1, 0.15) is 17.3 Å². The molecule has 2 aromatic heterocycles. The van der Waals surface area contributed by atoms with E-state index in [2.05, 4.69) is 34.6 Å². The summed E-state index contributed by atoms with van der Waals surface area (Å²) in [7, 11) is 0. The molecule has 1 N–H and O–H groups in total. The van der Waals surface area contributed by atoms with E-state index in [-0.39, 0.29) is 11.7 Å². The van der Waals surface area contributed by atoms with Crippen molar-refractivity contribution in [1.82, 2.24) is 14.6 Å². The molecule has 0 saturated heterocycles. The van der Waals surface area contributed by atoms with E-state index in [4.69, 9.17) is 9.84 Å². The maximum atomic E-state index is 12.6. The highest BCUT2D eigenvalue weighted by molar-refractivity contribution is 8.00. The predicted octanol–water partition coefficient (Wildman–Crippen LogP) is 5.46. The van der Waals surface area contributed by atoms with E-state index in [1.165, 1.54) is 11.8 Å². The highest BCUT2D eigenvalue weighted by atomic mass is 32.2. The molecule has 5 aromatic rings. The van der Waals surface area contributed by atoms with E-state index < -0.39 is 5.97 Å². The summed E-state index contributed by atoms with van der Waals surface area (Å²) in [6, 6.07) is 23.1. The third-order valence-corrected chi connectivity index (χ3v) is 6.41. The lowest BCUT2D eigenvalue weighted by atomic mass is 10.0. The van der Waals surface area contributed by atoms with Crippen LogP contribution in [0.3, 0.4) is 0 Å². The minimum Gasteiger partial charge on any atom is -0.462 e. The number of thioether (sulfide) groups is 1. The molecule has 0 spiro atoms. The van der Waals surface area contributed by atoms with Gasteiger partial charge in [-0.3, -0.25) is 4.79 Å². The Balaban J connectivity index is 1.33. The van der Waals surface area contributed by atoms with Gasteiger partial charge in [-0.1, -0.05) is 60.3 Å². The third kappa shape index (κ3) is 4.88. The van der Waals surface area contributed by atoms with Crippen LogP contribution in [0.2, 0.25) is 0 Å². The lowest BCUT2D eigenvalue weighted by molar-refractivity contribution is -0.113. The molecule has 8 heteroatoms. The quantitative estimate of drug-likeness (QED) is 0.245. The van der Waals surface area contributed by atoms with Crippen LogP contribution in [0.5, 0.6) is 0 Å². The minimum absolute atomic E-state index is 0.158. The second kappa shape index (κ2) is 9.99. The molecule has 0 aliphatic carbocycles. The Morgan fingerprint density at radius 3 is 2.74 bits per heavy atom. The van der Waals surface area contributed by atoms with E-state index in [0.717, 1.165) is 27.5 Å². The molecule has 0 aliphatic rings. The van der Waals surface area contributed by atoms with Crippen LogP contribution < -0.4 is 5.32 Å². The zero-order chi connectivity index (χ0) is 24.2. The van der Waals surface area contributed by atoms with Gasteiger partial charge < -0.3 is 10.1 Å². The maximum absolute atomic E-state index is 12.6. The minimum atomic E-state index is -0.420. The number of carbonyl (C=O) groups excluding carboxylic acids is 2. The van der Waals surface area contributed by atoms with Crippen molar-refractivity contribution in [3.8, 4) is 11.3 Å². The monoisotopic (exact) mass is 482 g/mol. The average molecular weight is 483 g/mol. The van der Waals surface area contributed by atoms with Gasteiger partial charge in [0.25, 0.3) is 0 Å². The molecule has 0 aliphatic heterocycles. The molecule has 3 aromatic carbocycles. The summed E-state index contributed by atoms with van der Waals surface area (Å²) in [5.74, 6) is -0.462. The van der Waals surface area contributed by atoms with Gasteiger partial charge in [-0.25, -0.2) is 14.3 Å². The summed E-state index contributed by atoms with van der Waals surface area (Å²) in [6.45, 7) is 2.04. The van der Waals surface area contributed by atoms with Crippen molar-refractivity contribution in [1.29, 1.82) is 0 Å². The summed E-state index contributed by atoms with van der Waals surface area (Å²) >= 11 is 1.33. The van der Waals surface area contributed by atoms with Crippen LogP contribution in [-0.4, -0.2) is 38.8 Å². The van der Waals surface area contributed by atoms with Crippen molar-refractivity contribution in [2.45, 2.75) is 11.9 Å². The van der Waals surface area contributed by atoms with Crippen LogP contribution in [-0.2, 0) is 9.53 Å². The van der Waals surface area contributed by atoms with Crippen molar-refractivity contribution < 1.29 is 14.3 Å². The van der Waals surface area contributed by atoms with Gasteiger partial charge in [0, 0.05) is 23.6 Å². The van der Waals surface area contributed by atoms with E-state index >= 15 is 0 Å². The van der Waals surface area contributed by atoms with Crippen LogP contribution >= 0.6 is 11.8 Å². The first-order chi connectivity index (χ1) is 17.1. The number of nitrogens with zero attached hydrogens (tertiary/aromatic N) is 3. The molecule has 0 bridgehead atoms. The number of rotatable bonds is 7. The Morgan fingerprint density at radius 2 is 1.86 bits per heavy atom. The summed E-state index contributed by atoms with van der Waals surface area (Å²) in [5.41, 5.74) is 3.65. The first kappa shape index (κ1) is 22.6. The predicted molar refractivity (Wildman–Crippen MR) is 138 cm³/mol. The number of nitrogens with one attached hydrogen (secondary N) is 1. The number of fused-ring (bicyclic) bond motifs is 2. The lowest BCUT2D eigenvalue weighted by Gasteiger charge is -2.07. The highest BCUT2D eigenvalue weighted by Gasteiger charge is 2.14. The van der Waals surface area contributed by atoms with Gasteiger partial charge in [0.15, 0.2) is 0 Å². The van der Waals surface area contributed by atoms with Crippen molar-refractivity contribution in [3.63, 3.8) is 0 Å². The summed E-state index contributed by atoms with van der Waals surface area (Å²) < 4.78 is 6.80. The van der Waals surface area contributed by atoms with Gasteiger partial charge in [-0.05, 0) is 42.0 Å². The van der Waals surface area contributed by atoms with Crippen LogP contribution in [0.4, 0.5) is 5.69 Å². The standard InChI is InChI=1S/C27H22N4O3S/c1-2-34-27(33)19-9-5-10-20(15-19)29-25(32)17-35-26-24-16-23(30-31(24)14-13-28-26)22-12-6-8-18-7-3-4-11-21(18)22/h3-16H,2,17H2,1H3,(H,29,32). The number of aromatic nitrogens is 3. The van der Waals surface area contributed by atoms with E-state index in [1.54, 1.807) is 48.1 Å². The lowest BCUT2D eigenvalue weighted by Crippen LogP contribution is -2.15. The number of carbonyl (C=O) groups is 2. The Kier molecular flexibility index (Phi) is 6.45. The largest absolute Gasteiger partial charge is 0.462 e. The number of ether oxygens (including phenoxy) is 1. The highest BCUT2D eigenvalue weighted by Crippen LogP contribution is 2.30. The number of esters is 1. The topological polar surface area (TPSA) is 85.6 Å². The Labute approximate surface area is 206 Å². The molecular weight excluding hydrogens is 460 g/mol. The van der Waals surface area contributed by atoms with Crippen LogP contribution in [0, 0.1) is 0 Å². The number of amides is 1. The zero-order valence-electron chi connectivity index (χ0n) is 19.0. The Morgan fingerprint density at radius 1 is 1.03 bits per heavy atom. The first-order valence-corrected chi connectivity index (χ1v) is 12.1. The molecule has 7 nitrogen and oxygen atoms in total. The maximum Gasteiger partial charge on any atom is 0.338 e. The third-order valence-electron chi connectivity index (χ3n) is 5.42. The fraction of sp³-hybridized carbons (Fsp3) is 0.111. The van der Waals surface area contributed by atoms with Crippen molar-refractivity contribution in [2.24, 2.45) is 0 Å². The molecule has 0 saturated carbocycles. The van der Waals surface area contributed by atoms with E-state index in [0.29, 0.717) is 22.9 Å². The summed E-state index contributed by atoms with van der Waals surface area (Å²) in [4.78, 5) is 29.0. The van der Waals surface area contributed by atoms with E-state index in [9.17, 15) is 9.59 Å². The van der Waals surface area contributed by atoms with Crippen LogP contribution in [0.15, 0.2) is 90.2 Å².